The van der Waals surface area contributed by atoms with Crippen molar-refractivity contribution in [2.24, 2.45) is 5.92 Å². The highest BCUT2D eigenvalue weighted by molar-refractivity contribution is 5.96. The summed E-state index contributed by atoms with van der Waals surface area (Å²) in [5, 5.41) is 6.09. The Morgan fingerprint density at radius 1 is 1.07 bits per heavy atom. The number of fused-ring (bicyclic) bond motifs is 1. The largest absolute Gasteiger partial charge is 0.355 e. The summed E-state index contributed by atoms with van der Waals surface area (Å²) in [6, 6.07) is 18.4. The van der Waals surface area contributed by atoms with Gasteiger partial charge in [-0.1, -0.05) is 55.0 Å². The van der Waals surface area contributed by atoms with Crippen molar-refractivity contribution >= 4 is 17.5 Å². The molecule has 4 nitrogen and oxygen atoms in total. The molecule has 4 rings (SSSR count). The molecule has 1 heterocycles. The van der Waals surface area contributed by atoms with Gasteiger partial charge in [-0.15, -0.1) is 0 Å². The standard InChI is InChI=1S/C23H26N2O2/c26-21(24-16-23(13-6-14-23)19-8-2-1-3-9-19)12-11-18-15-17-7-4-5-10-20(17)25-22(18)27/h1-5,7-10,18H,6,11-16H2,(H,24,26)(H,25,27). The maximum atomic E-state index is 12.4. The van der Waals surface area contributed by atoms with Crippen molar-refractivity contribution in [1.82, 2.24) is 5.32 Å². The third-order valence-corrected chi connectivity index (χ3v) is 6.15. The summed E-state index contributed by atoms with van der Waals surface area (Å²) in [6.45, 7) is 0.690. The number of carbonyl (C=O) groups excluding carboxylic acids is 2. The number of benzene rings is 2. The molecular formula is C23H26N2O2. The Bertz CT molecular complexity index is 827. The van der Waals surface area contributed by atoms with Crippen LogP contribution < -0.4 is 10.6 Å². The number of carbonyl (C=O) groups is 2. The molecule has 4 heteroatoms. The zero-order valence-corrected chi connectivity index (χ0v) is 15.5. The van der Waals surface area contributed by atoms with Gasteiger partial charge in [-0.3, -0.25) is 9.59 Å². The van der Waals surface area contributed by atoms with Crippen molar-refractivity contribution in [2.75, 3.05) is 11.9 Å². The molecule has 1 saturated carbocycles. The van der Waals surface area contributed by atoms with Crippen LogP contribution in [-0.4, -0.2) is 18.4 Å². The van der Waals surface area contributed by atoms with E-state index in [-0.39, 0.29) is 23.1 Å². The van der Waals surface area contributed by atoms with Crippen LogP contribution in [0.3, 0.4) is 0 Å². The number of rotatable bonds is 6. The van der Waals surface area contributed by atoms with Gasteiger partial charge in [0.1, 0.15) is 0 Å². The summed E-state index contributed by atoms with van der Waals surface area (Å²) >= 11 is 0. The van der Waals surface area contributed by atoms with Crippen molar-refractivity contribution in [3.8, 4) is 0 Å². The highest BCUT2D eigenvalue weighted by atomic mass is 16.2. The van der Waals surface area contributed by atoms with Gasteiger partial charge < -0.3 is 10.6 Å². The van der Waals surface area contributed by atoms with E-state index in [1.807, 2.05) is 30.3 Å². The Balaban J connectivity index is 1.30. The molecule has 2 aromatic carbocycles. The number of amides is 2. The first-order valence-corrected chi connectivity index (χ1v) is 9.87. The molecule has 2 aromatic rings. The van der Waals surface area contributed by atoms with E-state index in [9.17, 15) is 9.59 Å². The Kier molecular flexibility index (Phi) is 4.97. The van der Waals surface area contributed by atoms with E-state index in [2.05, 4.69) is 34.9 Å². The third-order valence-electron chi connectivity index (χ3n) is 6.15. The van der Waals surface area contributed by atoms with Gasteiger partial charge in [0, 0.05) is 30.0 Å². The Morgan fingerprint density at radius 2 is 1.81 bits per heavy atom. The molecule has 27 heavy (non-hydrogen) atoms. The quantitative estimate of drug-likeness (QED) is 0.821. The monoisotopic (exact) mass is 362 g/mol. The fourth-order valence-electron chi connectivity index (χ4n) is 4.27. The van der Waals surface area contributed by atoms with Crippen molar-refractivity contribution in [3.05, 3.63) is 65.7 Å². The number of para-hydroxylation sites is 1. The lowest BCUT2D eigenvalue weighted by Gasteiger charge is -2.42. The predicted octanol–water partition coefficient (Wildman–Crippen LogP) is 3.82. The van der Waals surface area contributed by atoms with Crippen LogP contribution in [0.25, 0.3) is 0 Å². The summed E-state index contributed by atoms with van der Waals surface area (Å²) in [6.07, 6.45) is 5.16. The van der Waals surface area contributed by atoms with E-state index in [1.54, 1.807) is 0 Å². The fourth-order valence-corrected chi connectivity index (χ4v) is 4.27. The second-order valence-corrected chi connectivity index (χ2v) is 7.86. The van der Waals surface area contributed by atoms with Gasteiger partial charge in [0.15, 0.2) is 0 Å². The van der Waals surface area contributed by atoms with Gasteiger partial charge in [0.25, 0.3) is 0 Å². The zero-order valence-electron chi connectivity index (χ0n) is 15.5. The Morgan fingerprint density at radius 3 is 2.56 bits per heavy atom. The van der Waals surface area contributed by atoms with Crippen molar-refractivity contribution in [2.45, 2.75) is 43.9 Å². The second-order valence-electron chi connectivity index (χ2n) is 7.86. The lowest BCUT2D eigenvalue weighted by atomic mass is 9.64. The summed E-state index contributed by atoms with van der Waals surface area (Å²) < 4.78 is 0. The first-order chi connectivity index (χ1) is 13.2. The highest BCUT2D eigenvalue weighted by Crippen LogP contribution is 2.43. The van der Waals surface area contributed by atoms with Gasteiger partial charge >= 0.3 is 0 Å². The first kappa shape index (κ1) is 17.8. The molecule has 140 valence electrons. The van der Waals surface area contributed by atoms with Crippen LogP contribution in [0, 0.1) is 5.92 Å². The maximum Gasteiger partial charge on any atom is 0.227 e. The topological polar surface area (TPSA) is 58.2 Å². The van der Waals surface area contributed by atoms with Crippen LogP contribution in [0.5, 0.6) is 0 Å². The smallest absolute Gasteiger partial charge is 0.227 e. The van der Waals surface area contributed by atoms with Crippen LogP contribution in [0.2, 0.25) is 0 Å². The van der Waals surface area contributed by atoms with Crippen LogP contribution in [0.15, 0.2) is 54.6 Å². The van der Waals surface area contributed by atoms with Gasteiger partial charge in [0.2, 0.25) is 11.8 Å². The number of nitrogens with one attached hydrogen (secondary N) is 2. The molecule has 1 aliphatic carbocycles. The minimum absolute atomic E-state index is 0.0289. The molecule has 0 bridgehead atoms. The number of anilines is 1. The molecule has 2 amide bonds. The minimum Gasteiger partial charge on any atom is -0.355 e. The molecule has 2 aliphatic rings. The molecule has 1 atom stereocenters. The number of hydrogen-bond donors (Lipinski definition) is 2. The van der Waals surface area contributed by atoms with Gasteiger partial charge in [-0.2, -0.15) is 0 Å². The van der Waals surface area contributed by atoms with E-state index >= 15 is 0 Å². The fraction of sp³-hybridized carbons (Fsp3) is 0.391. The van der Waals surface area contributed by atoms with Crippen LogP contribution in [0.4, 0.5) is 5.69 Å². The van der Waals surface area contributed by atoms with E-state index in [4.69, 9.17) is 0 Å². The zero-order chi connectivity index (χ0) is 18.7. The lowest BCUT2D eigenvalue weighted by Crippen LogP contribution is -2.45. The Labute approximate surface area is 160 Å². The second kappa shape index (κ2) is 7.55. The molecule has 0 aromatic heterocycles. The number of hydrogen-bond acceptors (Lipinski definition) is 2. The summed E-state index contributed by atoms with van der Waals surface area (Å²) in [4.78, 5) is 24.7. The Hall–Kier alpha value is -2.62. The van der Waals surface area contributed by atoms with E-state index < -0.39 is 0 Å². The molecule has 0 saturated heterocycles. The molecular weight excluding hydrogens is 336 g/mol. The lowest BCUT2D eigenvalue weighted by molar-refractivity contribution is -0.123. The van der Waals surface area contributed by atoms with Gasteiger partial charge in [-0.25, -0.2) is 0 Å². The van der Waals surface area contributed by atoms with Crippen LogP contribution in [0.1, 0.15) is 43.2 Å². The molecule has 1 aliphatic heterocycles. The van der Waals surface area contributed by atoms with Gasteiger partial charge in [-0.05, 0) is 42.9 Å². The predicted molar refractivity (Wildman–Crippen MR) is 106 cm³/mol. The minimum atomic E-state index is -0.127. The average Bonchev–Trinajstić information content (AvgIpc) is 2.66. The normalized spacial score (nSPS) is 20.1. The van der Waals surface area contributed by atoms with E-state index in [1.165, 1.54) is 12.0 Å². The molecule has 1 unspecified atom stereocenters. The summed E-state index contributed by atoms with van der Waals surface area (Å²) in [7, 11) is 0. The third kappa shape index (κ3) is 3.75. The summed E-state index contributed by atoms with van der Waals surface area (Å²) in [5.74, 6) is -0.0532. The summed E-state index contributed by atoms with van der Waals surface area (Å²) in [5.41, 5.74) is 3.47. The van der Waals surface area contributed by atoms with E-state index in [0.29, 0.717) is 25.8 Å². The van der Waals surface area contributed by atoms with Crippen molar-refractivity contribution < 1.29 is 9.59 Å². The molecule has 1 fully saturated rings. The molecule has 2 N–H and O–H groups in total. The van der Waals surface area contributed by atoms with Gasteiger partial charge in [0.05, 0.1) is 0 Å². The average molecular weight is 362 g/mol. The van der Waals surface area contributed by atoms with Crippen molar-refractivity contribution in [1.29, 1.82) is 0 Å². The molecule has 0 radical (unpaired) electrons. The van der Waals surface area contributed by atoms with E-state index in [0.717, 1.165) is 24.1 Å². The first-order valence-electron chi connectivity index (χ1n) is 9.87. The van der Waals surface area contributed by atoms with Crippen molar-refractivity contribution in [3.63, 3.8) is 0 Å². The maximum absolute atomic E-state index is 12.4. The molecule has 0 spiro atoms. The van der Waals surface area contributed by atoms with Crippen LogP contribution >= 0.6 is 0 Å². The SMILES string of the molecule is O=C(CCC1Cc2ccccc2NC1=O)NCC1(c2ccccc2)CCC1. The highest BCUT2D eigenvalue weighted by Gasteiger charge is 2.38. The van der Waals surface area contributed by atoms with Crippen LogP contribution in [-0.2, 0) is 21.4 Å².